The third-order valence-electron chi connectivity index (χ3n) is 4.98. The van der Waals surface area contributed by atoms with Gasteiger partial charge in [-0.05, 0) is 50.1 Å². The molecular formula is C23H43N3O. The van der Waals surface area contributed by atoms with E-state index < -0.39 is 0 Å². The predicted molar refractivity (Wildman–Crippen MR) is 118 cm³/mol. The van der Waals surface area contributed by atoms with Crippen molar-refractivity contribution in [1.82, 2.24) is 14.7 Å². The standard InChI is InChI=1S/C23H43N3O/c1-22(2,3)19-15-18(21(27)20(16-19)23(4,5)6)17-26(13-11-24(7)8)14-12-25(9)10/h15-16,27H,11-14,17H2,1-10H3. The predicted octanol–water partition coefficient (Wildman–Crippen LogP) is 3.91. The van der Waals surface area contributed by atoms with Crippen LogP contribution in [0.2, 0.25) is 0 Å². The fourth-order valence-corrected chi connectivity index (χ4v) is 3.01. The third kappa shape index (κ3) is 7.81. The summed E-state index contributed by atoms with van der Waals surface area (Å²) in [5, 5.41) is 11.1. The van der Waals surface area contributed by atoms with Crippen LogP contribution >= 0.6 is 0 Å². The molecule has 4 heteroatoms. The fourth-order valence-electron chi connectivity index (χ4n) is 3.01. The van der Waals surface area contributed by atoms with Gasteiger partial charge in [-0.25, -0.2) is 0 Å². The number of hydrogen-bond donors (Lipinski definition) is 1. The summed E-state index contributed by atoms with van der Waals surface area (Å²) in [6.07, 6.45) is 0. The quantitative estimate of drug-likeness (QED) is 0.744. The van der Waals surface area contributed by atoms with E-state index in [0.29, 0.717) is 5.75 Å². The van der Waals surface area contributed by atoms with Crippen molar-refractivity contribution in [3.8, 4) is 5.75 Å². The van der Waals surface area contributed by atoms with Crippen LogP contribution in [-0.4, -0.2) is 74.2 Å². The minimum atomic E-state index is -0.0851. The Hall–Kier alpha value is -1.10. The minimum Gasteiger partial charge on any atom is -0.507 e. The Morgan fingerprint density at radius 2 is 1.22 bits per heavy atom. The van der Waals surface area contributed by atoms with Crippen LogP contribution in [-0.2, 0) is 17.4 Å². The van der Waals surface area contributed by atoms with E-state index in [1.54, 1.807) is 0 Å². The summed E-state index contributed by atoms with van der Waals surface area (Å²) < 4.78 is 0. The van der Waals surface area contributed by atoms with Gasteiger partial charge in [0, 0.05) is 38.3 Å². The smallest absolute Gasteiger partial charge is 0.123 e. The molecule has 0 bridgehead atoms. The highest BCUT2D eigenvalue weighted by molar-refractivity contribution is 5.48. The molecule has 0 saturated carbocycles. The van der Waals surface area contributed by atoms with Gasteiger partial charge in [-0.15, -0.1) is 0 Å². The molecule has 27 heavy (non-hydrogen) atoms. The molecule has 0 unspecified atom stereocenters. The van der Waals surface area contributed by atoms with Crippen LogP contribution in [0.1, 0.15) is 58.2 Å². The summed E-state index contributed by atoms with van der Waals surface area (Å²) in [4.78, 5) is 6.89. The lowest BCUT2D eigenvalue weighted by molar-refractivity contribution is 0.210. The maximum Gasteiger partial charge on any atom is 0.123 e. The monoisotopic (exact) mass is 377 g/mol. The van der Waals surface area contributed by atoms with Crippen molar-refractivity contribution in [2.45, 2.75) is 58.9 Å². The van der Waals surface area contributed by atoms with Crippen LogP contribution in [0.3, 0.4) is 0 Å². The maximum absolute atomic E-state index is 11.1. The molecule has 0 fully saturated rings. The van der Waals surface area contributed by atoms with Gasteiger partial charge in [-0.1, -0.05) is 53.7 Å². The van der Waals surface area contributed by atoms with Gasteiger partial charge in [0.15, 0.2) is 0 Å². The first-order chi connectivity index (χ1) is 12.2. The number of benzene rings is 1. The maximum atomic E-state index is 11.1. The first-order valence-corrected chi connectivity index (χ1v) is 10.1. The van der Waals surface area contributed by atoms with Crippen LogP contribution in [0.15, 0.2) is 12.1 Å². The molecule has 1 aromatic rings. The zero-order valence-corrected chi connectivity index (χ0v) is 19.5. The Bertz CT molecular complexity index is 583. The lowest BCUT2D eigenvalue weighted by Gasteiger charge is -2.30. The van der Waals surface area contributed by atoms with Crippen molar-refractivity contribution in [2.75, 3.05) is 54.4 Å². The Labute approximate surface area is 168 Å². The van der Waals surface area contributed by atoms with Crippen LogP contribution in [0.5, 0.6) is 5.75 Å². The van der Waals surface area contributed by atoms with E-state index in [-0.39, 0.29) is 10.8 Å². The highest BCUT2D eigenvalue weighted by Crippen LogP contribution is 2.38. The Morgan fingerprint density at radius 1 is 0.741 bits per heavy atom. The van der Waals surface area contributed by atoms with Gasteiger partial charge in [0.05, 0.1) is 0 Å². The van der Waals surface area contributed by atoms with E-state index in [9.17, 15) is 5.11 Å². The van der Waals surface area contributed by atoms with Gasteiger partial charge in [0.25, 0.3) is 0 Å². The SMILES string of the molecule is CN(C)CCN(CCN(C)C)Cc1cc(C(C)(C)C)cc(C(C)(C)C)c1O. The van der Waals surface area contributed by atoms with Crippen molar-refractivity contribution >= 4 is 0 Å². The topological polar surface area (TPSA) is 30.0 Å². The summed E-state index contributed by atoms with van der Waals surface area (Å²) in [5.74, 6) is 0.468. The van der Waals surface area contributed by atoms with Gasteiger partial charge in [0.1, 0.15) is 5.75 Å². The van der Waals surface area contributed by atoms with Crippen molar-refractivity contribution in [3.05, 3.63) is 28.8 Å². The number of hydrogen-bond acceptors (Lipinski definition) is 4. The van der Waals surface area contributed by atoms with Gasteiger partial charge in [-0.3, -0.25) is 4.90 Å². The summed E-state index contributed by atoms with van der Waals surface area (Å²) >= 11 is 0. The third-order valence-corrected chi connectivity index (χ3v) is 4.98. The normalized spacial score (nSPS) is 13.2. The first kappa shape index (κ1) is 23.9. The molecule has 0 heterocycles. The Balaban J connectivity index is 3.26. The number of phenolic OH excluding ortho intramolecular Hbond substituents is 1. The molecule has 1 aromatic carbocycles. The molecule has 156 valence electrons. The van der Waals surface area contributed by atoms with Crippen LogP contribution < -0.4 is 0 Å². The second-order valence-electron chi connectivity index (χ2n) is 10.4. The number of nitrogens with zero attached hydrogens (tertiary/aromatic N) is 3. The van der Waals surface area contributed by atoms with Crippen molar-refractivity contribution in [1.29, 1.82) is 0 Å². The molecule has 1 rings (SSSR count). The molecular weight excluding hydrogens is 334 g/mol. The van der Waals surface area contributed by atoms with Crippen LogP contribution in [0, 0.1) is 0 Å². The number of aromatic hydroxyl groups is 1. The van der Waals surface area contributed by atoms with E-state index in [4.69, 9.17) is 0 Å². The second-order valence-corrected chi connectivity index (χ2v) is 10.4. The lowest BCUT2D eigenvalue weighted by Crippen LogP contribution is -2.36. The van der Waals surface area contributed by atoms with Gasteiger partial charge >= 0.3 is 0 Å². The fraction of sp³-hybridized carbons (Fsp3) is 0.739. The Morgan fingerprint density at radius 3 is 1.59 bits per heavy atom. The molecule has 0 aliphatic carbocycles. The molecule has 0 aromatic heterocycles. The van der Waals surface area contributed by atoms with E-state index in [1.807, 2.05) is 0 Å². The molecule has 1 N–H and O–H groups in total. The lowest BCUT2D eigenvalue weighted by atomic mass is 9.79. The number of likely N-dealkylation sites (N-methyl/N-ethyl adjacent to an activating group) is 2. The van der Waals surface area contributed by atoms with Crippen molar-refractivity contribution in [3.63, 3.8) is 0 Å². The molecule has 0 spiro atoms. The number of rotatable bonds is 8. The minimum absolute atomic E-state index is 0.0561. The molecule has 0 atom stereocenters. The van der Waals surface area contributed by atoms with Crippen molar-refractivity contribution < 1.29 is 5.11 Å². The summed E-state index contributed by atoms with van der Waals surface area (Å²) in [6.45, 7) is 18.0. The van der Waals surface area contributed by atoms with Gasteiger partial charge in [0.2, 0.25) is 0 Å². The summed E-state index contributed by atoms with van der Waals surface area (Å²) in [6, 6.07) is 4.41. The molecule has 0 saturated heterocycles. The van der Waals surface area contributed by atoms with Crippen LogP contribution in [0.4, 0.5) is 0 Å². The molecule has 0 amide bonds. The first-order valence-electron chi connectivity index (χ1n) is 10.1. The van der Waals surface area contributed by atoms with E-state index in [2.05, 4.69) is 96.6 Å². The molecule has 4 nitrogen and oxygen atoms in total. The van der Waals surface area contributed by atoms with E-state index in [1.165, 1.54) is 5.56 Å². The zero-order valence-electron chi connectivity index (χ0n) is 19.5. The average molecular weight is 378 g/mol. The van der Waals surface area contributed by atoms with Gasteiger partial charge in [-0.2, -0.15) is 0 Å². The second kappa shape index (κ2) is 9.40. The Kier molecular flexibility index (Phi) is 8.33. The summed E-state index contributed by atoms with van der Waals surface area (Å²) in [7, 11) is 8.44. The largest absolute Gasteiger partial charge is 0.507 e. The van der Waals surface area contributed by atoms with Crippen LogP contribution in [0.25, 0.3) is 0 Å². The van der Waals surface area contributed by atoms with Gasteiger partial charge < -0.3 is 14.9 Å². The highest BCUT2D eigenvalue weighted by Gasteiger charge is 2.25. The average Bonchev–Trinajstić information content (AvgIpc) is 2.48. The van der Waals surface area contributed by atoms with Crippen molar-refractivity contribution in [2.24, 2.45) is 0 Å². The van der Waals surface area contributed by atoms with E-state index in [0.717, 1.165) is 43.9 Å². The number of phenols is 1. The summed E-state index contributed by atoms with van der Waals surface area (Å²) in [5.41, 5.74) is 3.36. The molecule has 0 radical (unpaired) electrons. The highest BCUT2D eigenvalue weighted by atomic mass is 16.3. The zero-order chi connectivity index (χ0) is 21.0. The molecule has 0 aliphatic heterocycles. The van der Waals surface area contributed by atoms with E-state index >= 15 is 0 Å². The molecule has 0 aliphatic rings.